The second-order valence-electron chi connectivity index (χ2n) is 6.91. The van der Waals surface area contributed by atoms with Crippen molar-refractivity contribution in [2.45, 2.75) is 39.3 Å². The number of nitrogens with zero attached hydrogens (tertiary/aromatic N) is 1. The molecule has 0 aliphatic heterocycles. The van der Waals surface area contributed by atoms with Crippen molar-refractivity contribution in [2.75, 3.05) is 20.3 Å². The highest BCUT2D eigenvalue weighted by Gasteiger charge is 2.26. The van der Waals surface area contributed by atoms with Crippen molar-refractivity contribution < 1.29 is 19.1 Å². The minimum Gasteiger partial charge on any atom is -0.493 e. The average molecular weight is 477 g/mol. The summed E-state index contributed by atoms with van der Waals surface area (Å²) in [5.41, 5.74) is 0.928. The molecule has 1 N–H and O–H groups in total. The van der Waals surface area contributed by atoms with Gasteiger partial charge in [0.1, 0.15) is 6.04 Å². The van der Waals surface area contributed by atoms with Crippen molar-refractivity contribution in [3.05, 3.63) is 58.6 Å². The summed E-state index contributed by atoms with van der Waals surface area (Å²) in [6.07, 6.45) is 1.89. The van der Waals surface area contributed by atoms with Gasteiger partial charge in [-0.15, -0.1) is 0 Å². The third-order valence-corrected chi connectivity index (χ3v) is 5.21. The van der Waals surface area contributed by atoms with Gasteiger partial charge in [-0.25, -0.2) is 0 Å². The highest BCUT2D eigenvalue weighted by molar-refractivity contribution is 9.10. The molecule has 2 aromatic carbocycles. The van der Waals surface area contributed by atoms with Crippen molar-refractivity contribution >= 4 is 27.7 Å². The van der Waals surface area contributed by atoms with Crippen LogP contribution in [0.25, 0.3) is 0 Å². The Labute approximate surface area is 186 Å². The Morgan fingerprint density at radius 1 is 1.10 bits per heavy atom. The first kappa shape index (κ1) is 23.7. The summed E-state index contributed by atoms with van der Waals surface area (Å²) in [4.78, 5) is 27.2. The minimum atomic E-state index is -0.626. The number of hydrogen-bond donors (Lipinski definition) is 1. The molecule has 0 bridgehead atoms. The summed E-state index contributed by atoms with van der Waals surface area (Å²) < 4.78 is 11.9. The zero-order valence-corrected chi connectivity index (χ0v) is 19.3. The molecule has 0 unspecified atom stereocenters. The van der Waals surface area contributed by atoms with Gasteiger partial charge in [-0.1, -0.05) is 53.5 Å². The first-order valence-corrected chi connectivity index (χ1v) is 10.8. The van der Waals surface area contributed by atoms with E-state index in [2.05, 4.69) is 28.2 Å². The van der Waals surface area contributed by atoms with Gasteiger partial charge in [0, 0.05) is 17.6 Å². The quantitative estimate of drug-likeness (QED) is 0.494. The van der Waals surface area contributed by atoms with Crippen molar-refractivity contribution in [1.82, 2.24) is 10.2 Å². The van der Waals surface area contributed by atoms with Gasteiger partial charge in [0.05, 0.1) is 7.11 Å². The molecule has 2 rings (SSSR count). The van der Waals surface area contributed by atoms with Crippen molar-refractivity contribution in [1.29, 1.82) is 0 Å². The third kappa shape index (κ3) is 7.06. The number of carbonyl (C=O) groups excluding carboxylic acids is 2. The number of amides is 2. The molecule has 162 valence electrons. The number of rotatable bonds is 11. The second kappa shape index (κ2) is 12.2. The SMILES string of the molecule is CCCCNC(=O)[C@@H](C)N(Cc1ccc(Br)cc1)C(=O)COc1ccccc1OC. The molecular formula is C23H29BrN2O4. The van der Waals surface area contributed by atoms with Gasteiger partial charge in [-0.3, -0.25) is 9.59 Å². The predicted octanol–water partition coefficient (Wildman–Crippen LogP) is 4.17. The Balaban J connectivity index is 2.13. The highest BCUT2D eigenvalue weighted by atomic mass is 79.9. The molecular weight excluding hydrogens is 448 g/mol. The van der Waals surface area contributed by atoms with E-state index >= 15 is 0 Å². The maximum atomic E-state index is 13.0. The van der Waals surface area contributed by atoms with Gasteiger partial charge in [-0.05, 0) is 43.2 Å². The Hall–Kier alpha value is -2.54. The Kier molecular flexibility index (Phi) is 9.67. The number of halogens is 1. The highest BCUT2D eigenvalue weighted by Crippen LogP contribution is 2.26. The van der Waals surface area contributed by atoms with Crippen molar-refractivity contribution in [3.8, 4) is 11.5 Å². The van der Waals surface area contributed by atoms with E-state index in [4.69, 9.17) is 9.47 Å². The van der Waals surface area contributed by atoms with E-state index in [0.717, 1.165) is 22.9 Å². The summed E-state index contributed by atoms with van der Waals surface area (Å²) in [6.45, 7) is 4.51. The smallest absolute Gasteiger partial charge is 0.261 e. The minimum absolute atomic E-state index is 0.175. The van der Waals surface area contributed by atoms with Gasteiger partial charge in [0.25, 0.3) is 5.91 Å². The van der Waals surface area contributed by atoms with E-state index in [9.17, 15) is 9.59 Å². The molecule has 0 fully saturated rings. The number of hydrogen-bond acceptors (Lipinski definition) is 4. The summed E-state index contributed by atoms with van der Waals surface area (Å²) in [6, 6.07) is 14.2. The van der Waals surface area contributed by atoms with E-state index in [1.807, 2.05) is 36.4 Å². The number of methoxy groups -OCH3 is 1. The Bertz CT molecular complexity index is 826. The molecule has 30 heavy (non-hydrogen) atoms. The van der Waals surface area contributed by atoms with Gasteiger partial charge < -0.3 is 19.7 Å². The van der Waals surface area contributed by atoms with E-state index in [0.29, 0.717) is 24.6 Å². The number of unbranched alkanes of at least 4 members (excludes halogenated alkanes) is 1. The molecule has 0 radical (unpaired) electrons. The second-order valence-corrected chi connectivity index (χ2v) is 7.82. The lowest BCUT2D eigenvalue weighted by atomic mass is 10.1. The van der Waals surface area contributed by atoms with E-state index < -0.39 is 6.04 Å². The summed E-state index contributed by atoms with van der Waals surface area (Å²) in [5.74, 6) is 0.584. The zero-order chi connectivity index (χ0) is 21.9. The fourth-order valence-corrected chi connectivity index (χ4v) is 3.13. The molecule has 0 spiro atoms. The van der Waals surface area contributed by atoms with Crippen molar-refractivity contribution in [2.24, 2.45) is 0 Å². The van der Waals surface area contributed by atoms with Crippen LogP contribution in [0, 0.1) is 0 Å². The van der Waals surface area contributed by atoms with Crippen LogP contribution >= 0.6 is 15.9 Å². The van der Waals surface area contributed by atoms with Gasteiger partial charge in [-0.2, -0.15) is 0 Å². The fraction of sp³-hybridized carbons (Fsp3) is 0.391. The van der Waals surface area contributed by atoms with E-state index in [1.54, 1.807) is 31.1 Å². The molecule has 2 amide bonds. The summed E-state index contributed by atoms with van der Waals surface area (Å²) >= 11 is 3.42. The van der Waals surface area contributed by atoms with Crippen LogP contribution in [-0.2, 0) is 16.1 Å². The number of para-hydroxylation sites is 2. The molecule has 2 aromatic rings. The van der Waals surface area contributed by atoms with Gasteiger partial charge in [0.2, 0.25) is 5.91 Å². The molecule has 0 saturated carbocycles. The van der Waals surface area contributed by atoms with Gasteiger partial charge in [0.15, 0.2) is 18.1 Å². The van der Waals surface area contributed by atoms with Crippen LogP contribution in [0.15, 0.2) is 53.0 Å². The average Bonchev–Trinajstić information content (AvgIpc) is 2.76. The largest absolute Gasteiger partial charge is 0.493 e. The molecule has 0 aliphatic carbocycles. The van der Waals surface area contributed by atoms with E-state index in [-0.39, 0.29) is 18.4 Å². The first-order chi connectivity index (χ1) is 14.5. The lowest BCUT2D eigenvalue weighted by molar-refractivity contribution is -0.142. The van der Waals surface area contributed by atoms with Crippen LogP contribution in [0.2, 0.25) is 0 Å². The summed E-state index contributed by atoms with van der Waals surface area (Å²) in [7, 11) is 1.55. The molecule has 0 heterocycles. The van der Waals surface area contributed by atoms with Gasteiger partial charge >= 0.3 is 0 Å². The van der Waals surface area contributed by atoms with Crippen LogP contribution in [-0.4, -0.2) is 43.0 Å². The number of ether oxygens (including phenoxy) is 2. The first-order valence-electron chi connectivity index (χ1n) is 10.0. The standard InChI is InChI=1S/C23H29BrN2O4/c1-4-5-14-25-23(28)17(2)26(15-18-10-12-19(24)13-11-18)22(27)16-30-21-9-7-6-8-20(21)29-3/h6-13,17H,4-5,14-16H2,1-3H3,(H,25,28)/t17-/m1/s1. The zero-order valence-electron chi connectivity index (χ0n) is 17.7. The lowest BCUT2D eigenvalue weighted by Crippen LogP contribution is -2.49. The van der Waals surface area contributed by atoms with E-state index in [1.165, 1.54) is 0 Å². The topological polar surface area (TPSA) is 67.9 Å². The number of nitrogens with one attached hydrogen (secondary N) is 1. The normalized spacial score (nSPS) is 11.5. The van der Waals surface area contributed by atoms with Crippen LogP contribution < -0.4 is 14.8 Å². The Morgan fingerprint density at radius 3 is 2.40 bits per heavy atom. The molecule has 0 saturated heterocycles. The maximum Gasteiger partial charge on any atom is 0.261 e. The number of carbonyl (C=O) groups is 2. The monoisotopic (exact) mass is 476 g/mol. The summed E-state index contributed by atoms with van der Waals surface area (Å²) in [5, 5.41) is 2.90. The van der Waals surface area contributed by atoms with Crippen LogP contribution in [0.4, 0.5) is 0 Å². The maximum absolute atomic E-state index is 13.0. The Morgan fingerprint density at radius 2 is 1.77 bits per heavy atom. The molecule has 1 atom stereocenters. The predicted molar refractivity (Wildman–Crippen MR) is 121 cm³/mol. The fourth-order valence-electron chi connectivity index (χ4n) is 2.87. The van der Waals surface area contributed by atoms with Crippen LogP contribution in [0.1, 0.15) is 32.3 Å². The number of benzene rings is 2. The molecule has 0 aliphatic rings. The molecule has 0 aromatic heterocycles. The molecule has 7 heteroatoms. The van der Waals surface area contributed by atoms with Crippen LogP contribution in [0.3, 0.4) is 0 Å². The third-order valence-electron chi connectivity index (χ3n) is 4.68. The van der Waals surface area contributed by atoms with Crippen molar-refractivity contribution in [3.63, 3.8) is 0 Å². The molecule has 6 nitrogen and oxygen atoms in total. The van der Waals surface area contributed by atoms with Crippen LogP contribution in [0.5, 0.6) is 11.5 Å². The lowest BCUT2D eigenvalue weighted by Gasteiger charge is -2.29.